The van der Waals surface area contributed by atoms with E-state index in [-0.39, 0.29) is 0 Å². The summed E-state index contributed by atoms with van der Waals surface area (Å²) in [5.74, 6) is 2.64. The minimum absolute atomic E-state index is 0.611. The first-order valence-corrected chi connectivity index (χ1v) is 7.44. The smallest absolute Gasteiger partial charge is 0.0218 e. The largest absolute Gasteiger partial charge is 0.329 e. The predicted octanol–water partition coefficient (Wildman–Crippen LogP) is 2.33. The number of likely N-dealkylation sites (N-methyl/N-ethyl adjacent to an activating group) is 1. The van der Waals surface area contributed by atoms with Crippen molar-refractivity contribution in [2.45, 2.75) is 51.1 Å². The summed E-state index contributed by atoms with van der Waals surface area (Å²) in [6.45, 7) is 3.08. The van der Waals surface area contributed by atoms with Crippen molar-refractivity contribution in [3.8, 4) is 0 Å². The average Bonchev–Trinajstić information content (AvgIpc) is 2.77. The van der Waals surface area contributed by atoms with Gasteiger partial charge in [0.15, 0.2) is 0 Å². The van der Waals surface area contributed by atoms with Crippen molar-refractivity contribution in [3.05, 3.63) is 0 Å². The summed E-state index contributed by atoms with van der Waals surface area (Å²) in [6.07, 6.45) is 6.63. The third-order valence-corrected chi connectivity index (χ3v) is 4.62. The normalized spacial score (nSPS) is 23.6. The summed E-state index contributed by atoms with van der Waals surface area (Å²) in [4.78, 5) is 2.54. The molecular weight excluding hydrogens is 204 g/mol. The lowest BCUT2D eigenvalue weighted by molar-refractivity contribution is 0.179. The minimum Gasteiger partial charge on any atom is -0.329 e. The second-order valence-corrected chi connectivity index (χ2v) is 5.72. The molecular formula is C12H26N2S. The van der Waals surface area contributed by atoms with Crippen LogP contribution in [0.5, 0.6) is 0 Å². The van der Waals surface area contributed by atoms with Crippen molar-refractivity contribution in [1.29, 1.82) is 0 Å². The molecule has 2 atom stereocenters. The molecule has 3 heteroatoms. The van der Waals surface area contributed by atoms with Crippen LogP contribution in [0.15, 0.2) is 0 Å². The maximum atomic E-state index is 5.88. The van der Waals surface area contributed by atoms with Crippen molar-refractivity contribution >= 4 is 11.8 Å². The van der Waals surface area contributed by atoms with E-state index in [1.54, 1.807) is 0 Å². The number of thioether (sulfide) groups is 1. The highest BCUT2D eigenvalue weighted by molar-refractivity contribution is 7.99. The topological polar surface area (TPSA) is 29.3 Å². The molecule has 2 N–H and O–H groups in total. The van der Waals surface area contributed by atoms with E-state index in [4.69, 9.17) is 5.73 Å². The fourth-order valence-corrected chi connectivity index (χ4v) is 3.54. The van der Waals surface area contributed by atoms with Crippen LogP contribution in [-0.2, 0) is 0 Å². The van der Waals surface area contributed by atoms with Gasteiger partial charge in [0.25, 0.3) is 0 Å². The highest BCUT2D eigenvalue weighted by atomic mass is 32.2. The molecule has 1 aliphatic heterocycles. The predicted molar refractivity (Wildman–Crippen MR) is 70.5 cm³/mol. The second kappa shape index (κ2) is 7.53. The van der Waals surface area contributed by atoms with Crippen LogP contribution < -0.4 is 5.73 Å². The van der Waals surface area contributed by atoms with Gasteiger partial charge >= 0.3 is 0 Å². The monoisotopic (exact) mass is 230 g/mol. The lowest BCUT2D eigenvalue weighted by atomic mass is 10.1. The fourth-order valence-electron chi connectivity index (χ4n) is 2.26. The van der Waals surface area contributed by atoms with Crippen LogP contribution in [0.4, 0.5) is 0 Å². The zero-order valence-corrected chi connectivity index (χ0v) is 11.1. The molecule has 0 aromatic carbocycles. The Morgan fingerprint density at radius 3 is 2.80 bits per heavy atom. The first kappa shape index (κ1) is 13.3. The van der Waals surface area contributed by atoms with E-state index in [0.717, 1.165) is 12.6 Å². The van der Waals surface area contributed by atoms with Crippen molar-refractivity contribution in [3.63, 3.8) is 0 Å². The van der Waals surface area contributed by atoms with Gasteiger partial charge in [-0.05, 0) is 25.6 Å². The van der Waals surface area contributed by atoms with E-state index < -0.39 is 0 Å². The Morgan fingerprint density at radius 2 is 2.27 bits per heavy atom. The Balaban J connectivity index is 2.28. The average molecular weight is 230 g/mol. The van der Waals surface area contributed by atoms with Crippen LogP contribution in [0.25, 0.3) is 0 Å². The highest BCUT2D eigenvalue weighted by Gasteiger charge is 2.24. The molecule has 0 radical (unpaired) electrons. The van der Waals surface area contributed by atoms with Gasteiger partial charge in [0.2, 0.25) is 0 Å². The van der Waals surface area contributed by atoms with Crippen LogP contribution in [0.3, 0.4) is 0 Å². The van der Waals surface area contributed by atoms with Gasteiger partial charge in [-0.2, -0.15) is 11.8 Å². The zero-order valence-electron chi connectivity index (χ0n) is 10.2. The molecule has 0 aromatic heterocycles. The summed E-state index contributed by atoms with van der Waals surface area (Å²) >= 11 is 2.08. The first-order chi connectivity index (χ1) is 7.29. The van der Waals surface area contributed by atoms with Gasteiger partial charge in [-0.3, -0.25) is 4.90 Å². The Hall–Kier alpha value is 0.270. The molecule has 0 saturated carbocycles. The van der Waals surface area contributed by atoms with E-state index in [1.807, 2.05) is 0 Å². The minimum atomic E-state index is 0.611. The molecule has 90 valence electrons. The first-order valence-electron chi connectivity index (χ1n) is 6.29. The van der Waals surface area contributed by atoms with E-state index in [1.165, 1.54) is 43.6 Å². The molecule has 1 heterocycles. The van der Waals surface area contributed by atoms with Crippen LogP contribution in [0.2, 0.25) is 0 Å². The number of hydrogen-bond acceptors (Lipinski definition) is 3. The zero-order chi connectivity index (χ0) is 11.1. The fraction of sp³-hybridized carbons (Fsp3) is 1.00. The standard InChI is InChI=1S/C12H26N2S/c1-3-4-5-6-11(9-13)14(2)12-7-8-15-10-12/h11-12H,3-10,13H2,1-2H3. The summed E-state index contributed by atoms with van der Waals surface area (Å²) in [5.41, 5.74) is 5.88. The Bertz CT molecular complexity index is 158. The summed E-state index contributed by atoms with van der Waals surface area (Å²) in [7, 11) is 2.26. The molecule has 1 aliphatic rings. The summed E-state index contributed by atoms with van der Waals surface area (Å²) < 4.78 is 0. The van der Waals surface area contributed by atoms with Crippen molar-refractivity contribution < 1.29 is 0 Å². The molecule has 1 saturated heterocycles. The maximum Gasteiger partial charge on any atom is 0.0218 e. The molecule has 0 aliphatic carbocycles. The van der Waals surface area contributed by atoms with Gasteiger partial charge in [0.05, 0.1) is 0 Å². The number of hydrogen-bond donors (Lipinski definition) is 1. The molecule has 0 bridgehead atoms. The number of nitrogens with zero attached hydrogens (tertiary/aromatic N) is 1. The molecule has 1 fully saturated rings. The van der Waals surface area contributed by atoms with Gasteiger partial charge in [0.1, 0.15) is 0 Å². The molecule has 0 spiro atoms. The lowest BCUT2D eigenvalue weighted by Gasteiger charge is -2.32. The van der Waals surface area contributed by atoms with E-state index in [0.29, 0.717) is 6.04 Å². The molecule has 0 aromatic rings. The van der Waals surface area contributed by atoms with Gasteiger partial charge in [-0.25, -0.2) is 0 Å². The van der Waals surface area contributed by atoms with E-state index in [2.05, 4.69) is 30.6 Å². The van der Waals surface area contributed by atoms with Crippen molar-refractivity contribution in [2.24, 2.45) is 5.73 Å². The number of nitrogens with two attached hydrogens (primary N) is 1. The van der Waals surface area contributed by atoms with Crippen LogP contribution >= 0.6 is 11.8 Å². The van der Waals surface area contributed by atoms with Crippen LogP contribution in [-0.4, -0.2) is 42.1 Å². The molecule has 0 amide bonds. The van der Waals surface area contributed by atoms with E-state index in [9.17, 15) is 0 Å². The van der Waals surface area contributed by atoms with Gasteiger partial charge in [-0.15, -0.1) is 0 Å². The third kappa shape index (κ3) is 4.33. The Labute approximate surface area is 99.0 Å². The Kier molecular flexibility index (Phi) is 6.69. The summed E-state index contributed by atoms with van der Waals surface area (Å²) in [5, 5.41) is 0. The molecule has 2 nitrogen and oxygen atoms in total. The van der Waals surface area contributed by atoms with E-state index >= 15 is 0 Å². The van der Waals surface area contributed by atoms with Crippen molar-refractivity contribution in [2.75, 3.05) is 25.1 Å². The molecule has 2 unspecified atom stereocenters. The number of unbranched alkanes of at least 4 members (excludes halogenated alkanes) is 2. The molecule has 1 rings (SSSR count). The molecule has 15 heavy (non-hydrogen) atoms. The van der Waals surface area contributed by atoms with Crippen molar-refractivity contribution in [1.82, 2.24) is 4.90 Å². The van der Waals surface area contributed by atoms with Crippen LogP contribution in [0, 0.1) is 0 Å². The number of rotatable bonds is 7. The van der Waals surface area contributed by atoms with Gasteiger partial charge < -0.3 is 5.73 Å². The van der Waals surface area contributed by atoms with Gasteiger partial charge in [0, 0.05) is 24.4 Å². The third-order valence-electron chi connectivity index (χ3n) is 3.47. The van der Waals surface area contributed by atoms with Gasteiger partial charge in [-0.1, -0.05) is 26.2 Å². The van der Waals surface area contributed by atoms with Crippen LogP contribution in [0.1, 0.15) is 39.0 Å². The lowest BCUT2D eigenvalue weighted by Crippen LogP contribution is -2.44. The highest BCUT2D eigenvalue weighted by Crippen LogP contribution is 2.23. The quantitative estimate of drug-likeness (QED) is 0.681. The Morgan fingerprint density at radius 1 is 1.47 bits per heavy atom. The maximum absolute atomic E-state index is 5.88. The SMILES string of the molecule is CCCCCC(CN)N(C)C1CCSC1. The second-order valence-electron chi connectivity index (χ2n) is 4.57. The summed E-state index contributed by atoms with van der Waals surface area (Å²) in [6, 6.07) is 1.39.